The van der Waals surface area contributed by atoms with E-state index in [0.29, 0.717) is 12.5 Å². The fourth-order valence-corrected chi connectivity index (χ4v) is 2.89. The van der Waals surface area contributed by atoms with E-state index in [9.17, 15) is 0 Å². The van der Waals surface area contributed by atoms with Crippen molar-refractivity contribution < 1.29 is 5.11 Å². The van der Waals surface area contributed by atoms with Crippen LogP contribution in [0.1, 0.15) is 5.56 Å². The fourth-order valence-electron chi connectivity index (χ4n) is 2.89. The van der Waals surface area contributed by atoms with Gasteiger partial charge in [0.25, 0.3) is 0 Å². The molecule has 1 aromatic carbocycles. The molecule has 0 spiro atoms. The number of aryl methyl sites for hydroxylation is 1. The maximum atomic E-state index is 9.09. The van der Waals surface area contributed by atoms with E-state index in [1.807, 2.05) is 0 Å². The lowest BCUT2D eigenvalue weighted by atomic mass is 10.2. The molecular weight excluding hydrogens is 186 g/mol. The quantitative estimate of drug-likeness (QED) is 0.790. The average molecular weight is 203 g/mol. The van der Waals surface area contributed by atoms with Crippen LogP contribution in [-0.4, -0.2) is 24.8 Å². The van der Waals surface area contributed by atoms with Gasteiger partial charge in [0, 0.05) is 25.4 Å². The Labute approximate surface area is 90.5 Å². The van der Waals surface area contributed by atoms with Gasteiger partial charge >= 0.3 is 0 Å². The minimum atomic E-state index is 0.386. The summed E-state index contributed by atoms with van der Waals surface area (Å²) in [4.78, 5) is 2.45. The van der Waals surface area contributed by atoms with Crippen LogP contribution in [0.4, 0.5) is 5.69 Å². The van der Waals surface area contributed by atoms with E-state index in [-0.39, 0.29) is 0 Å². The van der Waals surface area contributed by atoms with Crippen LogP contribution in [0.5, 0.6) is 0 Å². The summed E-state index contributed by atoms with van der Waals surface area (Å²) in [6.45, 7) is 4.78. The third kappa shape index (κ3) is 1.44. The van der Waals surface area contributed by atoms with Crippen LogP contribution in [0, 0.1) is 24.7 Å². The van der Waals surface area contributed by atoms with Gasteiger partial charge in [-0.15, -0.1) is 0 Å². The molecular formula is C13H17NO. The summed E-state index contributed by atoms with van der Waals surface area (Å²) in [5, 5.41) is 9.09. The molecule has 1 saturated carbocycles. The molecule has 1 N–H and O–H groups in total. The highest BCUT2D eigenvalue weighted by Gasteiger charge is 2.55. The Bertz CT molecular complexity index is 347. The first-order chi connectivity index (χ1) is 7.29. The van der Waals surface area contributed by atoms with Gasteiger partial charge < -0.3 is 10.0 Å². The summed E-state index contributed by atoms with van der Waals surface area (Å²) < 4.78 is 0. The molecule has 2 nitrogen and oxygen atoms in total. The van der Waals surface area contributed by atoms with E-state index < -0.39 is 0 Å². The monoisotopic (exact) mass is 203 g/mol. The van der Waals surface area contributed by atoms with Gasteiger partial charge in [0.05, 0.1) is 0 Å². The van der Waals surface area contributed by atoms with Gasteiger partial charge in [-0.05, 0) is 36.8 Å². The zero-order valence-electron chi connectivity index (χ0n) is 9.06. The second-order valence-corrected chi connectivity index (χ2v) is 4.91. The molecule has 1 heterocycles. The minimum Gasteiger partial charge on any atom is -0.396 e. The number of aliphatic hydroxyl groups is 1. The zero-order chi connectivity index (χ0) is 10.4. The Morgan fingerprint density at radius 1 is 1.20 bits per heavy atom. The van der Waals surface area contributed by atoms with Crippen molar-refractivity contribution in [2.24, 2.45) is 17.8 Å². The molecule has 0 aromatic heterocycles. The first kappa shape index (κ1) is 9.22. The summed E-state index contributed by atoms with van der Waals surface area (Å²) in [5.41, 5.74) is 2.65. The first-order valence-electron chi connectivity index (χ1n) is 5.72. The summed E-state index contributed by atoms with van der Waals surface area (Å²) in [6, 6.07) is 8.74. The number of nitrogens with zero attached hydrogens (tertiary/aromatic N) is 1. The van der Waals surface area contributed by atoms with E-state index in [2.05, 4.69) is 36.1 Å². The third-order valence-corrected chi connectivity index (χ3v) is 3.98. The van der Waals surface area contributed by atoms with Crippen molar-refractivity contribution in [3.63, 3.8) is 0 Å². The van der Waals surface area contributed by atoms with Crippen LogP contribution in [0.2, 0.25) is 0 Å². The van der Waals surface area contributed by atoms with Gasteiger partial charge in [0.2, 0.25) is 0 Å². The van der Waals surface area contributed by atoms with Gasteiger partial charge in [-0.1, -0.05) is 17.7 Å². The lowest BCUT2D eigenvalue weighted by Crippen LogP contribution is -2.24. The number of benzene rings is 1. The molecule has 15 heavy (non-hydrogen) atoms. The summed E-state index contributed by atoms with van der Waals surface area (Å²) >= 11 is 0. The Morgan fingerprint density at radius 3 is 2.33 bits per heavy atom. The van der Waals surface area contributed by atoms with Crippen molar-refractivity contribution >= 4 is 5.69 Å². The smallest absolute Gasteiger partial charge is 0.0466 e. The molecule has 1 saturated heterocycles. The maximum Gasteiger partial charge on any atom is 0.0466 e. The number of hydrogen-bond donors (Lipinski definition) is 1. The average Bonchev–Trinajstić information content (AvgIpc) is 2.72. The van der Waals surface area contributed by atoms with E-state index >= 15 is 0 Å². The molecule has 3 rings (SSSR count). The highest BCUT2D eigenvalue weighted by Crippen LogP contribution is 2.52. The van der Waals surface area contributed by atoms with Crippen LogP contribution < -0.4 is 4.90 Å². The molecule has 0 amide bonds. The summed E-state index contributed by atoms with van der Waals surface area (Å²) in [6.07, 6.45) is 0. The summed E-state index contributed by atoms with van der Waals surface area (Å²) in [7, 11) is 0. The van der Waals surface area contributed by atoms with Crippen molar-refractivity contribution in [3.05, 3.63) is 29.8 Å². The number of anilines is 1. The predicted molar refractivity (Wildman–Crippen MR) is 60.9 cm³/mol. The molecule has 0 radical (unpaired) electrons. The molecule has 80 valence electrons. The van der Waals surface area contributed by atoms with E-state index in [1.54, 1.807) is 0 Å². The van der Waals surface area contributed by atoms with Gasteiger partial charge in [-0.3, -0.25) is 0 Å². The molecule has 1 aliphatic carbocycles. The van der Waals surface area contributed by atoms with Crippen LogP contribution in [0.3, 0.4) is 0 Å². The number of aliphatic hydroxyl groups excluding tert-OH is 1. The molecule has 2 heteroatoms. The molecule has 1 aliphatic heterocycles. The second-order valence-electron chi connectivity index (χ2n) is 4.91. The number of fused-ring (bicyclic) bond motifs is 1. The van der Waals surface area contributed by atoms with Gasteiger partial charge in [-0.25, -0.2) is 0 Å². The van der Waals surface area contributed by atoms with Crippen LogP contribution in [0.25, 0.3) is 0 Å². The van der Waals surface area contributed by atoms with Crippen LogP contribution in [-0.2, 0) is 0 Å². The SMILES string of the molecule is Cc1ccc(N2CC3C(CO)C3C2)cc1. The van der Waals surface area contributed by atoms with Gasteiger partial charge in [0.1, 0.15) is 0 Å². The molecule has 2 aliphatic rings. The highest BCUT2D eigenvalue weighted by atomic mass is 16.3. The molecule has 2 fully saturated rings. The normalized spacial score (nSPS) is 32.9. The van der Waals surface area contributed by atoms with E-state index in [1.165, 1.54) is 11.3 Å². The number of piperidine rings is 1. The van der Waals surface area contributed by atoms with Crippen molar-refractivity contribution in [2.75, 3.05) is 24.6 Å². The Balaban J connectivity index is 1.69. The molecule has 2 unspecified atom stereocenters. The van der Waals surface area contributed by atoms with Crippen molar-refractivity contribution in [2.45, 2.75) is 6.92 Å². The third-order valence-electron chi connectivity index (χ3n) is 3.98. The Kier molecular flexibility index (Phi) is 1.99. The van der Waals surface area contributed by atoms with E-state index in [0.717, 1.165) is 24.9 Å². The summed E-state index contributed by atoms with van der Waals surface area (Å²) in [5.74, 6) is 2.12. The number of hydrogen-bond acceptors (Lipinski definition) is 2. The predicted octanol–water partition coefficient (Wildman–Crippen LogP) is 1.67. The lowest BCUT2D eigenvalue weighted by molar-refractivity contribution is 0.260. The fraction of sp³-hybridized carbons (Fsp3) is 0.538. The molecule has 0 bridgehead atoms. The van der Waals surface area contributed by atoms with Gasteiger partial charge in [0.15, 0.2) is 0 Å². The molecule has 1 aromatic rings. The standard InChI is InChI=1S/C13H17NO/c1-9-2-4-10(5-3-9)14-6-11-12(7-14)13(11)8-15/h2-5,11-13,15H,6-8H2,1H3. The minimum absolute atomic E-state index is 0.386. The van der Waals surface area contributed by atoms with E-state index in [4.69, 9.17) is 5.11 Å². The van der Waals surface area contributed by atoms with Crippen LogP contribution in [0.15, 0.2) is 24.3 Å². The topological polar surface area (TPSA) is 23.5 Å². The van der Waals surface area contributed by atoms with Crippen molar-refractivity contribution in [3.8, 4) is 0 Å². The van der Waals surface area contributed by atoms with Crippen LogP contribution >= 0.6 is 0 Å². The Hall–Kier alpha value is -1.02. The maximum absolute atomic E-state index is 9.09. The van der Waals surface area contributed by atoms with Crippen molar-refractivity contribution in [1.29, 1.82) is 0 Å². The molecule has 2 atom stereocenters. The lowest BCUT2D eigenvalue weighted by Gasteiger charge is -2.21. The number of rotatable bonds is 2. The zero-order valence-corrected chi connectivity index (χ0v) is 9.06. The first-order valence-corrected chi connectivity index (χ1v) is 5.72. The largest absolute Gasteiger partial charge is 0.396 e. The van der Waals surface area contributed by atoms with Crippen molar-refractivity contribution in [1.82, 2.24) is 0 Å². The highest BCUT2D eigenvalue weighted by molar-refractivity contribution is 5.49. The second kappa shape index (κ2) is 3.24. The Morgan fingerprint density at radius 2 is 1.80 bits per heavy atom. The van der Waals surface area contributed by atoms with Gasteiger partial charge in [-0.2, -0.15) is 0 Å².